The first-order chi connectivity index (χ1) is 4.83. The fourth-order valence-electron chi connectivity index (χ4n) is 0.217. The molecule has 0 amide bonds. The predicted octanol–water partition coefficient (Wildman–Crippen LogP) is -10.2. The summed E-state index contributed by atoms with van der Waals surface area (Å²) in [5.41, 5.74) is 0. The van der Waals surface area contributed by atoms with Gasteiger partial charge in [-0.3, -0.25) is 0 Å². The molecule has 86 valence electrons. The Kier molecular flexibility index (Phi) is 116. The van der Waals surface area contributed by atoms with E-state index in [4.69, 9.17) is 3.32 Å². The third-order valence-corrected chi connectivity index (χ3v) is 1.51. The van der Waals surface area contributed by atoms with Gasteiger partial charge in [-0.05, 0) is 0 Å². The summed E-state index contributed by atoms with van der Waals surface area (Å²) in [4.78, 5) is 0. The number of hydrogen-bond acceptors (Lipinski definition) is 2. The third kappa shape index (κ3) is 62.5. The first-order valence-electron chi connectivity index (χ1n) is 3.40. The summed E-state index contributed by atoms with van der Waals surface area (Å²) in [6.45, 7) is 5.84. The maximum absolute atomic E-state index is 4.78. The molecule has 0 aliphatic heterocycles. The monoisotopic (exact) mass is 354 g/mol. The number of unbranched alkanes of at least 4 members (excludes halogenated alkanes) is 1. The fraction of sp³-hybridized carbons (Fsp3) is 1.00. The van der Waals surface area contributed by atoms with Gasteiger partial charge in [0.15, 0.2) is 0 Å². The van der Waals surface area contributed by atoms with E-state index in [1.807, 2.05) is 6.92 Å². The van der Waals surface area contributed by atoms with Crippen LogP contribution in [0.4, 0.5) is 0 Å². The van der Waals surface area contributed by atoms with Crippen molar-refractivity contribution in [3.05, 3.63) is 0 Å². The van der Waals surface area contributed by atoms with E-state index >= 15 is 0 Å². The molecular formula is C6H14Cl4O2Ti2. The molecule has 0 N–H and O–H groups in total. The Balaban J connectivity index is -0.0000000185. The smallest absolute Gasteiger partial charge is 1.00 e. The van der Waals surface area contributed by atoms with Crippen molar-refractivity contribution in [1.82, 2.24) is 0 Å². The van der Waals surface area contributed by atoms with Crippen LogP contribution in [-0.2, 0) is 48.3 Å². The van der Waals surface area contributed by atoms with Gasteiger partial charge in [0.25, 0.3) is 0 Å². The van der Waals surface area contributed by atoms with E-state index in [0.717, 1.165) is 13.2 Å². The minimum Gasteiger partial charge on any atom is -1.00 e. The second-order valence-electron chi connectivity index (χ2n) is 1.64. The Morgan fingerprint density at radius 3 is 1.29 bits per heavy atom. The molecule has 0 aliphatic carbocycles. The van der Waals surface area contributed by atoms with Crippen LogP contribution < -0.4 is 49.6 Å². The van der Waals surface area contributed by atoms with Crippen molar-refractivity contribution in [3.63, 3.8) is 0 Å². The van der Waals surface area contributed by atoms with Gasteiger partial charge in [-0.25, -0.2) is 0 Å². The van der Waals surface area contributed by atoms with E-state index in [-0.39, 0.29) is 49.6 Å². The largest absolute Gasteiger partial charge is 1.00 e. The van der Waals surface area contributed by atoms with Crippen LogP contribution in [-0.4, -0.2) is 13.2 Å². The molecule has 0 unspecified atom stereocenters. The van der Waals surface area contributed by atoms with Crippen molar-refractivity contribution >= 4 is 0 Å². The predicted molar refractivity (Wildman–Crippen MR) is 32.5 cm³/mol. The molecule has 0 aromatic carbocycles. The first kappa shape index (κ1) is 36.0. The maximum Gasteiger partial charge on any atom is -1.00 e. The third-order valence-electron chi connectivity index (χ3n) is 0.744. The van der Waals surface area contributed by atoms with Crippen molar-refractivity contribution in [3.8, 4) is 0 Å². The van der Waals surface area contributed by atoms with E-state index in [9.17, 15) is 0 Å². The normalized spacial score (nSPS) is 6.14. The Labute approximate surface area is 136 Å². The summed E-state index contributed by atoms with van der Waals surface area (Å²) in [6.07, 6.45) is 2.42. The summed E-state index contributed by atoms with van der Waals surface area (Å²) >= 11 is 3.41. The van der Waals surface area contributed by atoms with Crippen molar-refractivity contribution in [2.24, 2.45) is 0 Å². The molecule has 0 saturated carbocycles. The molecule has 0 saturated heterocycles. The van der Waals surface area contributed by atoms with E-state index in [2.05, 4.69) is 10.2 Å². The van der Waals surface area contributed by atoms with Crippen molar-refractivity contribution in [1.29, 1.82) is 0 Å². The van der Waals surface area contributed by atoms with Crippen molar-refractivity contribution in [2.75, 3.05) is 13.2 Å². The van der Waals surface area contributed by atoms with Gasteiger partial charge in [-0.2, -0.15) is 0 Å². The van der Waals surface area contributed by atoms with Gasteiger partial charge in [-0.1, -0.05) is 0 Å². The number of rotatable bonds is 4. The first-order valence-corrected chi connectivity index (χ1v) is 4.67. The van der Waals surface area contributed by atoms with Gasteiger partial charge in [0.2, 0.25) is 0 Å². The standard InChI is InChI=1S/C4H9O.C2H5O.4ClH.2Ti/c1-2-3-4-5;1-2-3;;;;;;/h2-4H2,1H3;2H2,1H3;4*1H;;/q2*-1;;;;;2*+3/p-4. The molecule has 0 aliphatic rings. The quantitative estimate of drug-likeness (QED) is 0.368. The van der Waals surface area contributed by atoms with Gasteiger partial charge in [0.05, 0.1) is 0 Å². The van der Waals surface area contributed by atoms with Crippen LogP contribution in [0.25, 0.3) is 0 Å². The summed E-state index contributed by atoms with van der Waals surface area (Å²) in [5.74, 6) is 0. The average molecular weight is 356 g/mol. The minimum absolute atomic E-state index is 0. The summed E-state index contributed by atoms with van der Waals surface area (Å²) in [6, 6.07) is 0. The zero-order valence-corrected chi connectivity index (χ0v) is 14.3. The second kappa shape index (κ2) is 45.1. The molecule has 0 spiro atoms. The molecule has 0 rings (SSSR count). The van der Waals surface area contributed by atoms with Crippen molar-refractivity contribution < 1.29 is 97.9 Å². The number of halogens is 4. The zero-order valence-electron chi connectivity index (χ0n) is 8.16. The average Bonchev–Trinajstić information content (AvgIpc) is 2.01. The summed E-state index contributed by atoms with van der Waals surface area (Å²) in [5, 5.41) is 0. The molecule has 0 heterocycles. The summed E-state index contributed by atoms with van der Waals surface area (Å²) < 4.78 is 9.32. The molecular weight excluding hydrogens is 342 g/mol. The molecule has 8 heteroatoms. The molecule has 0 aromatic heterocycles. The van der Waals surface area contributed by atoms with E-state index < -0.39 is 0 Å². The van der Waals surface area contributed by atoms with Crippen LogP contribution in [0.5, 0.6) is 0 Å². The van der Waals surface area contributed by atoms with Crippen LogP contribution in [0.2, 0.25) is 0 Å². The van der Waals surface area contributed by atoms with Gasteiger partial charge in [0.1, 0.15) is 0 Å². The second-order valence-corrected chi connectivity index (χ2v) is 2.54. The number of hydrogen-bond donors (Lipinski definition) is 0. The van der Waals surface area contributed by atoms with Crippen molar-refractivity contribution in [2.45, 2.75) is 26.7 Å². The van der Waals surface area contributed by atoms with Gasteiger partial charge in [-0.15, -0.1) is 0 Å². The van der Waals surface area contributed by atoms with Gasteiger partial charge >= 0.3 is 88.2 Å². The SMILES string of the molecule is CCCC[O][Ti+2].CC[O][Ti+2].[Cl-].[Cl-].[Cl-].[Cl-]. The zero-order chi connectivity index (χ0) is 8.24. The molecule has 0 atom stereocenters. The summed E-state index contributed by atoms with van der Waals surface area (Å²) in [7, 11) is 0. The Bertz CT molecular complexity index is 50.8. The van der Waals surface area contributed by atoms with Crippen LogP contribution in [0.15, 0.2) is 0 Å². The van der Waals surface area contributed by atoms with E-state index in [1.54, 1.807) is 41.6 Å². The van der Waals surface area contributed by atoms with Gasteiger partial charge in [0, 0.05) is 0 Å². The van der Waals surface area contributed by atoms with Gasteiger partial charge < -0.3 is 49.6 Å². The topological polar surface area (TPSA) is 18.5 Å². The van der Waals surface area contributed by atoms with Crippen LogP contribution >= 0.6 is 0 Å². The Morgan fingerprint density at radius 2 is 1.21 bits per heavy atom. The van der Waals surface area contributed by atoms with Crippen LogP contribution in [0.1, 0.15) is 26.7 Å². The Morgan fingerprint density at radius 1 is 0.857 bits per heavy atom. The molecule has 14 heavy (non-hydrogen) atoms. The minimum atomic E-state index is 0. The molecule has 0 aromatic rings. The molecule has 0 fully saturated rings. The molecule has 2 nitrogen and oxygen atoms in total. The van der Waals surface area contributed by atoms with Crippen LogP contribution in [0.3, 0.4) is 0 Å². The fourth-order valence-corrected chi connectivity index (χ4v) is 0.442. The Hall–Kier alpha value is 2.51. The molecule has 0 radical (unpaired) electrons. The van der Waals surface area contributed by atoms with E-state index in [0.29, 0.717) is 0 Å². The molecule has 0 bridgehead atoms. The van der Waals surface area contributed by atoms with Crippen LogP contribution in [0, 0.1) is 0 Å². The van der Waals surface area contributed by atoms with E-state index in [1.165, 1.54) is 12.8 Å². The maximum atomic E-state index is 4.78.